The molecule has 2 nitrogen and oxygen atoms in total. The van der Waals surface area contributed by atoms with E-state index in [0.717, 1.165) is 0 Å². The molecule has 0 amide bonds. The molecule has 15 heavy (non-hydrogen) atoms. The van der Waals surface area contributed by atoms with Crippen molar-refractivity contribution in [2.75, 3.05) is 0 Å². The van der Waals surface area contributed by atoms with E-state index in [2.05, 4.69) is 20.9 Å². The predicted octanol–water partition coefficient (Wildman–Crippen LogP) is 3.66. The minimum Gasteiger partial charge on any atom is -0.254 e. The maximum Gasteiger partial charge on any atom is 0.125 e. The summed E-state index contributed by atoms with van der Waals surface area (Å²) in [4.78, 5) is 4.03. The monoisotopic (exact) mass is 284 g/mol. The summed E-state index contributed by atoms with van der Waals surface area (Å²) >= 11 is 9.12. The highest BCUT2D eigenvalue weighted by Crippen LogP contribution is 2.30. The first kappa shape index (κ1) is 10.3. The number of fused-ring (bicyclic) bond motifs is 1. The molecule has 1 aromatic heterocycles. The molecule has 0 atom stereocenters. The molecule has 0 bridgehead atoms. The number of halogens is 3. The molecule has 0 aliphatic heterocycles. The van der Waals surface area contributed by atoms with Gasteiger partial charge in [-0.15, -0.1) is 0 Å². The van der Waals surface area contributed by atoms with Gasteiger partial charge in [-0.1, -0.05) is 11.6 Å². The first-order valence-electron chi connectivity index (χ1n) is 3.97. The zero-order valence-electron chi connectivity index (χ0n) is 7.26. The standard InChI is InChI=1S/C10H3BrClFN2/c11-8-2-6(13)1-7-9(12)5(3-14)4-15-10(7)8/h1-2,4H. The maximum atomic E-state index is 13.1. The molecule has 0 aliphatic carbocycles. The van der Waals surface area contributed by atoms with Crippen LogP contribution in [0.3, 0.4) is 0 Å². The van der Waals surface area contributed by atoms with Gasteiger partial charge in [0.2, 0.25) is 0 Å². The molecule has 0 N–H and O–H groups in total. The Morgan fingerprint density at radius 3 is 2.87 bits per heavy atom. The van der Waals surface area contributed by atoms with Crippen LogP contribution in [-0.4, -0.2) is 4.98 Å². The molecule has 2 rings (SSSR count). The Balaban J connectivity index is 2.94. The lowest BCUT2D eigenvalue weighted by Gasteiger charge is -2.03. The summed E-state index contributed by atoms with van der Waals surface area (Å²) in [6.07, 6.45) is 1.37. The average molecular weight is 286 g/mol. The summed E-state index contributed by atoms with van der Waals surface area (Å²) in [6.45, 7) is 0. The quantitative estimate of drug-likeness (QED) is 0.740. The second-order valence-electron chi connectivity index (χ2n) is 2.88. The van der Waals surface area contributed by atoms with Crippen molar-refractivity contribution in [2.24, 2.45) is 0 Å². The van der Waals surface area contributed by atoms with Crippen LogP contribution < -0.4 is 0 Å². The van der Waals surface area contributed by atoms with E-state index in [1.807, 2.05) is 6.07 Å². The van der Waals surface area contributed by atoms with E-state index in [9.17, 15) is 4.39 Å². The van der Waals surface area contributed by atoms with Crippen molar-refractivity contribution in [3.63, 3.8) is 0 Å². The van der Waals surface area contributed by atoms with Gasteiger partial charge >= 0.3 is 0 Å². The Kier molecular flexibility index (Phi) is 2.59. The largest absolute Gasteiger partial charge is 0.254 e. The lowest BCUT2D eigenvalue weighted by Crippen LogP contribution is -1.87. The molecule has 0 aliphatic rings. The van der Waals surface area contributed by atoms with E-state index in [1.165, 1.54) is 18.3 Å². The molecule has 0 saturated heterocycles. The van der Waals surface area contributed by atoms with Crippen molar-refractivity contribution < 1.29 is 4.39 Å². The zero-order valence-corrected chi connectivity index (χ0v) is 9.60. The van der Waals surface area contributed by atoms with E-state index in [-0.39, 0.29) is 10.6 Å². The van der Waals surface area contributed by atoms with E-state index < -0.39 is 5.82 Å². The van der Waals surface area contributed by atoms with Gasteiger partial charge in [0.25, 0.3) is 0 Å². The second kappa shape index (κ2) is 3.76. The lowest BCUT2D eigenvalue weighted by atomic mass is 10.1. The van der Waals surface area contributed by atoms with Crippen LogP contribution in [0.5, 0.6) is 0 Å². The van der Waals surface area contributed by atoms with Gasteiger partial charge in [-0.25, -0.2) is 4.39 Å². The number of pyridine rings is 1. The number of nitrogens with zero attached hydrogens (tertiary/aromatic N) is 2. The first-order chi connectivity index (χ1) is 7.13. The number of nitriles is 1. The SMILES string of the molecule is N#Cc1cnc2c(Br)cc(F)cc2c1Cl. The summed E-state index contributed by atoms with van der Waals surface area (Å²) < 4.78 is 13.6. The molecule has 74 valence electrons. The van der Waals surface area contributed by atoms with Crippen molar-refractivity contribution in [1.29, 1.82) is 5.26 Å². The summed E-state index contributed by atoms with van der Waals surface area (Å²) in [6, 6.07) is 4.46. The summed E-state index contributed by atoms with van der Waals surface area (Å²) in [7, 11) is 0. The van der Waals surface area contributed by atoms with Gasteiger partial charge in [0.15, 0.2) is 0 Å². The van der Waals surface area contributed by atoms with Gasteiger partial charge in [-0.3, -0.25) is 4.98 Å². The van der Waals surface area contributed by atoms with E-state index in [1.54, 1.807) is 0 Å². The highest BCUT2D eigenvalue weighted by Gasteiger charge is 2.10. The van der Waals surface area contributed by atoms with Gasteiger partial charge in [0.05, 0.1) is 16.1 Å². The average Bonchev–Trinajstić information content (AvgIpc) is 2.19. The van der Waals surface area contributed by atoms with Crippen molar-refractivity contribution in [3.8, 4) is 6.07 Å². The Labute approximate surface area is 98.4 Å². The third kappa shape index (κ3) is 1.69. The third-order valence-corrected chi connectivity index (χ3v) is 2.96. The van der Waals surface area contributed by atoms with E-state index >= 15 is 0 Å². The van der Waals surface area contributed by atoms with E-state index in [4.69, 9.17) is 16.9 Å². The third-order valence-electron chi connectivity index (χ3n) is 1.94. The fraction of sp³-hybridized carbons (Fsp3) is 0. The number of rotatable bonds is 0. The van der Waals surface area contributed by atoms with Crippen LogP contribution in [0.15, 0.2) is 22.8 Å². The lowest BCUT2D eigenvalue weighted by molar-refractivity contribution is 0.629. The molecule has 5 heteroatoms. The van der Waals surface area contributed by atoms with Crippen LogP contribution in [0.4, 0.5) is 4.39 Å². The summed E-state index contributed by atoms with van der Waals surface area (Å²) in [5.41, 5.74) is 0.780. The minimum absolute atomic E-state index is 0.225. The van der Waals surface area contributed by atoms with Gasteiger partial charge < -0.3 is 0 Å². The Morgan fingerprint density at radius 2 is 2.20 bits per heavy atom. The molecular formula is C10H3BrClFN2. The van der Waals surface area contributed by atoms with Crippen LogP contribution >= 0.6 is 27.5 Å². The highest BCUT2D eigenvalue weighted by atomic mass is 79.9. The smallest absolute Gasteiger partial charge is 0.125 e. The first-order valence-corrected chi connectivity index (χ1v) is 5.14. The Hall–Kier alpha value is -1.18. The van der Waals surface area contributed by atoms with Gasteiger partial charge in [-0.05, 0) is 28.1 Å². The summed E-state index contributed by atoms with van der Waals surface area (Å²) in [5, 5.41) is 9.39. The molecule has 0 fully saturated rings. The number of hydrogen-bond acceptors (Lipinski definition) is 2. The fourth-order valence-corrected chi connectivity index (χ4v) is 2.04. The van der Waals surface area contributed by atoms with Crippen molar-refractivity contribution in [2.45, 2.75) is 0 Å². The van der Waals surface area contributed by atoms with E-state index in [0.29, 0.717) is 15.4 Å². The highest BCUT2D eigenvalue weighted by molar-refractivity contribution is 9.10. The van der Waals surface area contributed by atoms with Crippen molar-refractivity contribution in [3.05, 3.63) is 39.2 Å². The predicted molar refractivity (Wildman–Crippen MR) is 59.1 cm³/mol. The van der Waals surface area contributed by atoms with Gasteiger partial charge in [0, 0.05) is 16.1 Å². The molecule has 1 heterocycles. The van der Waals surface area contributed by atoms with Crippen LogP contribution in [0.1, 0.15) is 5.56 Å². The fourth-order valence-electron chi connectivity index (χ4n) is 1.27. The normalized spacial score (nSPS) is 10.3. The second-order valence-corrected chi connectivity index (χ2v) is 4.11. The molecule has 2 aromatic rings. The zero-order chi connectivity index (χ0) is 11.0. The molecule has 0 unspecified atom stereocenters. The molecular weight excluding hydrogens is 282 g/mol. The van der Waals surface area contributed by atoms with Crippen LogP contribution in [-0.2, 0) is 0 Å². The Bertz CT molecular complexity index is 592. The summed E-state index contributed by atoms with van der Waals surface area (Å²) in [5.74, 6) is -0.423. The van der Waals surface area contributed by atoms with Crippen molar-refractivity contribution in [1.82, 2.24) is 4.98 Å². The minimum atomic E-state index is -0.423. The van der Waals surface area contributed by atoms with Crippen LogP contribution in [0.2, 0.25) is 5.02 Å². The number of hydrogen-bond donors (Lipinski definition) is 0. The van der Waals surface area contributed by atoms with Crippen LogP contribution in [0.25, 0.3) is 10.9 Å². The molecule has 0 saturated carbocycles. The van der Waals surface area contributed by atoms with Gasteiger partial charge in [-0.2, -0.15) is 5.26 Å². The molecule has 0 radical (unpaired) electrons. The molecule has 0 spiro atoms. The number of aromatic nitrogens is 1. The Morgan fingerprint density at radius 1 is 1.47 bits per heavy atom. The topological polar surface area (TPSA) is 36.7 Å². The van der Waals surface area contributed by atoms with Gasteiger partial charge in [0.1, 0.15) is 11.9 Å². The molecule has 1 aromatic carbocycles. The van der Waals surface area contributed by atoms with Crippen LogP contribution in [0, 0.1) is 17.1 Å². The van der Waals surface area contributed by atoms with Crippen molar-refractivity contribution >= 4 is 38.4 Å². The maximum absolute atomic E-state index is 13.1. The number of benzene rings is 1.